The first-order valence-electron chi connectivity index (χ1n) is 5.45. The van der Waals surface area contributed by atoms with Gasteiger partial charge in [-0.1, -0.05) is 23.8 Å². The normalized spacial score (nSPS) is 10.5. The maximum atomic E-state index is 3.18. The van der Waals surface area contributed by atoms with Crippen LogP contribution >= 0.6 is 0 Å². The number of rotatable bonds is 5. The number of nitrogens with one attached hydrogen (secondary N) is 1. The minimum atomic E-state index is 1.13. The Kier molecular flexibility index (Phi) is 4.68. The van der Waals surface area contributed by atoms with Crippen LogP contribution in [0.4, 0.5) is 0 Å². The minimum Gasteiger partial charge on any atom is -0.320 e. The Labute approximate surface area is 87.5 Å². The molecular weight excluding hydrogens is 170 g/mol. The molecule has 1 N–H and O–H groups in total. The van der Waals surface area contributed by atoms with E-state index in [4.69, 9.17) is 0 Å². The fourth-order valence-corrected chi connectivity index (χ4v) is 1.74. The molecule has 0 aromatic heterocycles. The summed E-state index contributed by atoms with van der Waals surface area (Å²) in [6.45, 7) is 5.49. The van der Waals surface area contributed by atoms with Crippen molar-refractivity contribution < 1.29 is 0 Å². The summed E-state index contributed by atoms with van der Waals surface area (Å²) in [5, 5.41) is 3.18. The Morgan fingerprint density at radius 2 is 1.93 bits per heavy atom. The van der Waals surface area contributed by atoms with Crippen molar-refractivity contribution in [3.8, 4) is 0 Å². The van der Waals surface area contributed by atoms with E-state index in [-0.39, 0.29) is 0 Å². The van der Waals surface area contributed by atoms with Gasteiger partial charge in [0, 0.05) is 0 Å². The van der Waals surface area contributed by atoms with Gasteiger partial charge in [-0.3, -0.25) is 0 Å². The van der Waals surface area contributed by atoms with Crippen LogP contribution in [0.1, 0.15) is 29.5 Å². The maximum absolute atomic E-state index is 3.18. The maximum Gasteiger partial charge on any atom is -0.00518 e. The summed E-state index contributed by atoms with van der Waals surface area (Å²) >= 11 is 0. The average Bonchev–Trinajstić information content (AvgIpc) is 2.15. The Balaban J connectivity index is 2.42. The lowest BCUT2D eigenvalue weighted by atomic mass is 10.0. The molecule has 1 aromatic carbocycles. The lowest BCUT2D eigenvalue weighted by molar-refractivity contribution is 0.676. The van der Waals surface area contributed by atoms with E-state index in [1.807, 2.05) is 7.05 Å². The van der Waals surface area contributed by atoms with Crippen molar-refractivity contribution in [2.45, 2.75) is 33.1 Å². The molecule has 0 heterocycles. The topological polar surface area (TPSA) is 12.0 Å². The smallest absolute Gasteiger partial charge is 0.00518 e. The Bertz CT molecular complexity index is 279. The van der Waals surface area contributed by atoms with Gasteiger partial charge in [-0.15, -0.1) is 0 Å². The highest BCUT2D eigenvalue weighted by molar-refractivity contribution is 5.30. The standard InChI is InChI=1S/C13H21N/c1-11-7-8-13(12(2)10-11)6-4-5-9-14-3/h7-8,10,14H,4-6,9H2,1-3H3. The molecule has 0 radical (unpaired) electrons. The molecule has 0 unspecified atom stereocenters. The zero-order chi connectivity index (χ0) is 10.4. The van der Waals surface area contributed by atoms with Crippen LogP contribution in [0.15, 0.2) is 18.2 Å². The third-order valence-corrected chi connectivity index (χ3v) is 2.62. The highest BCUT2D eigenvalue weighted by Gasteiger charge is 1.97. The predicted molar refractivity (Wildman–Crippen MR) is 62.8 cm³/mol. The lowest BCUT2D eigenvalue weighted by Gasteiger charge is -2.06. The summed E-state index contributed by atoms with van der Waals surface area (Å²) in [7, 11) is 2.01. The molecule has 0 saturated heterocycles. The molecule has 78 valence electrons. The van der Waals surface area contributed by atoms with Crippen LogP contribution in [0.2, 0.25) is 0 Å². The van der Waals surface area contributed by atoms with Crippen molar-refractivity contribution in [3.63, 3.8) is 0 Å². The van der Waals surface area contributed by atoms with E-state index in [9.17, 15) is 0 Å². The van der Waals surface area contributed by atoms with Crippen LogP contribution in [0.25, 0.3) is 0 Å². The van der Waals surface area contributed by atoms with Crippen LogP contribution in [0.3, 0.4) is 0 Å². The molecule has 1 rings (SSSR count). The van der Waals surface area contributed by atoms with Crippen LogP contribution in [0.5, 0.6) is 0 Å². The van der Waals surface area contributed by atoms with Gasteiger partial charge < -0.3 is 5.32 Å². The number of unbranched alkanes of at least 4 members (excludes halogenated alkanes) is 1. The Hall–Kier alpha value is -0.820. The van der Waals surface area contributed by atoms with Gasteiger partial charge in [0.15, 0.2) is 0 Å². The van der Waals surface area contributed by atoms with Crippen LogP contribution < -0.4 is 5.32 Å². The fourth-order valence-electron chi connectivity index (χ4n) is 1.74. The van der Waals surface area contributed by atoms with Gasteiger partial charge in [0.1, 0.15) is 0 Å². The van der Waals surface area contributed by atoms with Gasteiger partial charge in [-0.05, 0) is 57.8 Å². The monoisotopic (exact) mass is 191 g/mol. The Morgan fingerprint density at radius 3 is 2.57 bits per heavy atom. The molecular formula is C13H21N. The fraction of sp³-hybridized carbons (Fsp3) is 0.538. The zero-order valence-electron chi connectivity index (χ0n) is 9.56. The second-order valence-corrected chi connectivity index (χ2v) is 3.99. The molecule has 0 aliphatic heterocycles. The van der Waals surface area contributed by atoms with E-state index in [0.29, 0.717) is 0 Å². The van der Waals surface area contributed by atoms with E-state index >= 15 is 0 Å². The number of benzene rings is 1. The number of hydrogen-bond acceptors (Lipinski definition) is 1. The van der Waals surface area contributed by atoms with Gasteiger partial charge >= 0.3 is 0 Å². The summed E-state index contributed by atoms with van der Waals surface area (Å²) in [5.74, 6) is 0. The van der Waals surface area contributed by atoms with Crippen molar-refractivity contribution in [2.24, 2.45) is 0 Å². The Morgan fingerprint density at radius 1 is 1.14 bits per heavy atom. The molecule has 0 aliphatic carbocycles. The molecule has 0 fully saturated rings. The van der Waals surface area contributed by atoms with Crippen molar-refractivity contribution in [3.05, 3.63) is 34.9 Å². The molecule has 0 amide bonds. The van der Waals surface area contributed by atoms with Crippen molar-refractivity contribution >= 4 is 0 Å². The predicted octanol–water partition coefficient (Wildman–Crippen LogP) is 2.85. The second kappa shape index (κ2) is 5.82. The summed E-state index contributed by atoms with van der Waals surface area (Å²) < 4.78 is 0. The lowest BCUT2D eigenvalue weighted by Crippen LogP contribution is -2.07. The summed E-state index contributed by atoms with van der Waals surface area (Å²) in [6.07, 6.45) is 3.77. The average molecular weight is 191 g/mol. The van der Waals surface area contributed by atoms with Crippen molar-refractivity contribution in [1.82, 2.24) is 5.32 Å². The van der Waals surface area contributed by atoms with Gasteiger partial charge in [0.25, 0.3) is 0 Å². The van der Waals surface area contributed by atoms with Gasteiger partial charge in [0.2, 0.25) is 0 Å². The third-order valence-electron chi connectivity index (χ3n) is 2.62. The summed E-state index contributed by atoms with van der Waals surface area (Å²) in [5.41, 5.74) is 4.31. The minimum absolute atomic E-state index is 1.13. The molecule has 1 aromatic rings. The van der Waals surface area contributed by atoms with E-state index in [2.05, 4.69) is 37.4 Å². The quantitative estimate of drug-likeness (QED) is 0.706. The van der Waals surface area contributed by atoms with Crippen molar-refractivity contribution in [2.75, 3.05) is 13.6 Å². The molecule has 1 nitrogen and oxygen atoms in total. The molecule has 1 heteroatoms. The zero-order valence-corrected chi connectivity index (χ0v) is 9.56. The molecule has 0 saturated carbocycles. The summed E-state index contributed by atoms with van der Waals surface area (Å²) in [6, 6.07) is 6.75. The third kappa shape index (κ3) is 3.51. The number of aryl methyl sites for hydroxylation is 3. The number of hydrogen-bond donors (Lipinski definition) is 1. The summed E-state index contributed by atoms with van der Waals surface area (Å²) in [4.78, 5) is 0. The van der Waals surface area contributed by atoms with Gasteiger partial charge in [-0.2, -0.15) is 0 Å². The second-order valence-electron chi connectivity index (χ2n) is 3.99. The van der Waals surface area contributed by atoms with Crippen molar-refractivity contribution in [1.29, 1.82) is 0 Å². The molecule has 0 aliphatic rings. The molecule has 0 spiro atoms. The van der Waals surface area contributed by atoms with E-state index in [0.717, 1.165) is 6.54 Å². The van der Waals surface area contributed by atoms with Gasteiger partial charge in [0.05, 0.1) is 0 Å². The molecule has 14 heavy (non-hydrogen) atoms. The highest BCUT2D eigenvalue weighted by Crippen LogP contribution is 2.12. The van der Waals surface area contributed by atoms with Crippen LogP contribution in [-0.4, -0.2) is 13.6 Å². The van der Waals surface area contributed by atoms with Crippen LogP contribution in [0, 0.1) is 13.8 Å². The first-order chi connectivity index (χ1) is 6.74. The highest BCUT2D eigenvalue weighted by atomic mass is 14.8. The van der Waals surface area contributed by atoms with Crippen LogP contribution in [-0.2, 0) is 6.42 Å². The first-order valence-corrected chi connectivity index (χ1v) is 5.45. The SMILES string of the molecule is CNCCCCc1ccc(C)cc1C. The largest absolute Gasteiger partial charge is 0.320 e. The first kappa shape index (κ1) is 11.3. The van der Waals surface area contributed by atoms with Gasteiger partial charge in [-0.25, -0.2) is 0 Å². The van der Waals surface area contributed by atoms with E-state index < -0.39 is 0 Å². The van der Waals surface area contributed by atoms with E-state index in [1.54, 1.807) is 0 Å². The molecule has 0 atom stereocenters. The molecule has 0 bridgehead atoms. The van der Waals surface area contributed by atoms with E-state index in [1.165, 1.54) is 36.0 Å².